The molecule has 2 aliphatic heterocycles. The minimum absolute atomic E-state index is 0. The maximum atomic E-state index is 12.9. The van der Waals surface area contributed by atoms with Crippen molar-refractivity contribution in [3.8, 4) is 0 Å². The Balaban J connectivity index is 0.000000233. The number of carbonyl (C=O) groups is 2. The van der Waals surface area contributed by atoms with E-state index in [1.807, 2.05) is 72.3 Å². The van der Waals surface area contributed by atoms with E-state index in [4.69, 9.17) is 22.3 Å². The molecule has 8 rings (SSSR count). The van der Waals surface area contributed by atoms with E-state index in [9.17, 15) is 9.59 Å². The molecule has 16 nitrogen and oxygen atoms in total. The maximum absolute atomic E-state index is 12.9. The number of fused-ring (bicyclic) bond motifs is 4. The first-order chi connectivity index (χ1) is 28.6. The van der Waals surface area contributed by atoms with Gasteiger partial charge in [-0.05, 0) is 119 Å². The number of rotatable bonds is 14. The summed E-state index contributed by atoms with van der Waals surface area (Å²) < 4.78 is 5.52. The molecule has 0 aliphatic carbocycles. The number of aromatic nitrogens is 8. The summed E-state index contributed by atoms with van der Waals surface area (Å²) >= 11 is 13.1. The number of hydrogen-bond donors (Lipinski definition) is 6. The van der Waals surface area contributed by atoms with Crippen molar-refractivity contribution in [3.05, 3.63) is 85.5 Å². The van der Waals surface area contributed by atoms with E-state index < -0.39 is 11.8 Å². The summed E-state index contributed by atoms with van der Waals surface area (Å²) in [6.07, 6.45) is 7.76. The number of hydrogen-bond acceptors (Lipinski definition) is 12. The molecular formula is C40H50Br2Cl2N14O2. The Labute approximate surface area is 378 Å². The fraction of sp³-hybridized carbons (Fsp3) is 0.400. The largest absolute Gasteiger partial charge is 1.00 e. The first-order valence-electron chi connectivity index (χ1n) is 19.7. The van der Waals surface area contributed by atoms with Crippen LogP contribution in [0.5, 0.6) is 0 Å². The van der Waals surface area contributed by atoms with Gasteiger partial charge in [-0.15, -0.1) is 0 Å². The third-order valence-electron chi connectivity index (χ3n) is 9.54. The zero-order valence-electron chi connectivity index (χ0n) is 34.8. The van der Waals surface area contributed by atoms with Gasteiger partial charge in [-0.25, -0.2) is 9.97 Å². The highest BCUT2D eigenvalue weighted by molar-refractivity contribution is 9.10. The second kappa shape index (κ2) is 22.0. The van der Waals surface area contributed by atoms with E-state index >= 15 is 0 Å². The van der Waals surface area contributed by atoms with Gasteiger partial charge in [0, 0.05) is 52.3 Å². The van der Waals surface area contributed by atoms with Crippen LogP contribution in [0.25, 0.3) is 22.1 Å². The van der Waals surface area contributed by atoms with Crippen molar-refractivity contribution in [1.82, 2.24) is 50.1 Å². The second-order valence-corrected chi connectivity index (χ2v) is 16.2. The van der Waals surface area contributed by atoms with Gasteiger partial charge in [-0.3, -0.25) is 19.0 Å². The first-order valence-corrected chi connectivity index (χ1v) is 21.6. The topological polar surface area (TPSA) is 208 Å². The third kappa shape index (κ3) is 11.0. The van der Waals surface area contributed by atoms with Crippen molar-refractivity contribution in [2.75, 3.05) is 56.2 Å². The molecule has 6 aromatic rings. The Morgan fingerprint density at radius 3 is 1.73 bits per heavy atom. The number of amides is 2. The number of benzene rings is 2. The fourth-order valence-corrected chi connectivity index (χ4v) is 7.81. The highest BCUT2D eigenvalue weighted by Gasteiger charge is 2.37. The average molecular weight is 990 g/mol. The van der Waals surface area contributed by atoms with E-state index in [-0.39, 0.29) is 30.9 Å². The normalized spacial score (nSPS) is 15.0. The Kier molecular flexibility index (Phi) is 17.1. The molecule has 60 heavy (non-hydrogen) atoms. The van der Waals surface area contributed by atoms with Crippen LogP contribution in [0.1, 0.15) is 75.3 Å². The molecular weight excluding hydrogens is 939 g/mol. The lowest BCUT2D eigenvalue weighted by molar-refractivity contribution is -0.117. The second-order valence-electron chi connectivity index (χ2n) is 14.0. The van der Waals surface area contributed by atoms with Gasteiger partial charge in [-0.2, -0.15) is 20.2 Å². The summed E-state index contributed by atoms with van der Waals surface area (Å²) in [5.74, 6) is -0.726. The monoisotopic (exact) mass is 986 g/mol. The highest BCUT2D eigenvalue weighted by Crippen LogP contribution is 2.41. The number of halogens is 4. The molecule has 0 saturated heterocycles. The van der Waals surface area contributed by atoms with Crippen LogP contribution < -0.4 is 44.7 Å². The summed E-state index contributed by atoms with van der Waals surface area (Å²) in [6, 6.07) is 11.5. The molecule has 0 fully saturated rings. The number of carbonyl (C=O) groups excluding carboxylic acids is 2. The minimum Gasteiger partial charge on any atom is -1.00 e. The van der Waals surface area contributed by atoms with E-state index in [0.29, 0.717) is 28.6 Å². The van der Waals surface area contributed by atoms with Gasteiger partial charge >= 0.3 is 1.43 Å². The van der Waals surface area contributed by atoms with Gasteiger partial charge in [-0.1, -0.05) is 45.7 Å². The van der Waals surface area contributed by atoms with Crippen LogP contribution in [0, 0.1) is 0 Å². The standard InChI is InChI=1S/C20H24BrN7O.C16H13BrClN5O.C4H12N2.ClH/c1-3-9-28-11-14-17(16-13-10-12(21)5-6-15(13)24-19(16)29)25-20(26-18(14)27-28)23-8-4-7-22-2;1-2-5-23-7-10-13(20-16(18)21-14(10)22-23)12-9-6-8(17)3-4-11(9)19-15(12)24;1-6-4-2-3-5;/h5-6,10-11,16,22H,3-4,7-9H2,1-2H3,(H,24,29)(H,23,26,27);3-4,6-7,12H,2,5H2,1H3,(H,19,24);6H,2-5H2,1H3;1H. The van der Waals surface area contributed by atoms with Gasteiger partial charge in [0.05, 0.1) is 22.2 Å². The van der Waals surface area contributed by atoms with Gasteiger partial charge in [0.2, 0.25) is 23.0 Å². The summed E-state index contributed by atoms with van der Waals surface area (Å²) in [5, 5.41) is 26.0. The predicted molar refractivity (Wildman–Crippen MR) is 241 cm³/mol. The maximum Gasteiger partial charge on any atom is 1.00 e. The molecule has 2 amide bonds. The van der Waals surface area contributed by atoms with Crippen LogP contribution in [-0.4, -0.2) is 91.6 Å². The lowest BCUT2D eigenvalue weighted by Gasteiger charge is -2.12. The molecule has 4 aromatic heterocycles. The smallest absolute Gasteiger partial charge is 1.00 e. The van der Waals surface area contributed by atoms with Crippen molar-refractivity contribution in [2.45, 2.75) is 64.5 Å². The van der Waals surface area contributed by atoms with E-state index in [0.717, 1.165) is 107 Å². The number of nitrogens with two attached hydrogens (primary N) is 1. The van der Waals surface area contributed by atoms with Crippen LogP contribution in [0.2, 0.25) is 5.28 Å². The van der Waals surface area contributed by atoms with Crippen LogP contribution >= 0.6 is 43.5 Å². The molecule has 2 unspecified atom stereocenters. The molecule has 7 N–H and O–H groups in total. The number of nitrogens with one attached hydrogen (secondary N) is 5. The average Bonchev–Trinajstić information content (AvgIpc) is 3.97. The van der Waals surface area contributed by atoms with Crippen molar-refractivity contribution in [2.24, 2.45) is 5.73 Å². The van der Waals surface area contributed by atoms with Crippen LogP contribution in [-0.2, 0) is 22.7 Å². The molecule has 0 saturated carbocycles. The lowest BCUT2D eigenvalue weighted by Crippen LogP contribution is -3.00. The van der Waals surface area contributed by atoms with Gasteiger partial charge < -0.3 is 44.7 Å². The fourth-order valence-electron chi connectivity index (χ4n) is 6.88. The summed E-state index contributed by atoms with van der Waals surface area (Å²) in [5.41, 5.74) is 10.9. The van der Waals surface area contributed by atoms with Gasteiger partial charge in [0.1, 0.15) is 11.8 Å². The molecule has 0 bridgehead atoms. The third-order valence-corrected chi connectivity index (χ3v) is 10.7. The summed E-state index contributed by atoms with van der Waals surface area (Å²) in [4.78, 5) is 43.4. The molecule has 0 spiro atoms. The zero-order chi connectivity index (χ0) is 42.1. The molecule has 2 aliphatic rings. The number of anilines is 3. The Hall–Kier alpha value is -4.30. The van der Waals surface area contributed by atoms with E-state index in [1.54, 1.807) is 0 Å². The van der Waals surface area contributed by atoms with Crippen LogP contribution in [0.3, 0.4) is 0 Å². The molecule has 2 atom stereocenters. The quantitative estimate of drug-likeness (QED) is 0.0686. The molecule has 2 aromatic carbocycles. The first kappa shape index (κ1) is 46.8. The molecule has 20 heteroatoms. The Bertz CT molecular complexity index is 2430. The Morgan fingerprint density at radius 1 is 0.750 bits per heavy atom. The zero-order valence-corrected chi connectivity index (χ0v) is 38.5. The number of aryl methyl sites for hydroxylation is 2. The lowest BCUT2D eigenvalue weighted by atomic mass is 9.95. The van der Waals surface area contributed by atoms with Crippen molar-refractivity contribution < 1.29 is 23.4 Å². The van der Waals surface area contributed by atoms with Crippen molar-refractivity contribution in [3.63, 3.8) is 0 Å². The Morgan fingerprint density at radius 2 is 1.25 bits per heavy atom. The van der Waals surface area contributed by atoms with E-state index in [1.165, 1.54) is 0 Å². The van der Waals surface area contributed by atoms with Crippen molar-refractivity contribution in [1.29, 1.82) is 0 Å². The number of nitrogens with zero attached hydrogens (tertiary/aromatic N) is 8. The van der Waals surface area contributed by atoms with E-state index in [2.05, 4.69) is 97.4 Å². The van der Waals surface area contributed by atoms with Crippen LogP contribution in [0.15, 0.2) is 57.7 Å². The minimum atomic E-state index is -0.528. The predicted octanol–water partition coefficient (Wildman–Crippen LogP) is 3.51. The SMILES string of the molecule is CCCn1cc2c(C3C(=O)Nc4ccc(Br)cc43)nc(Cl)nc2n1.CCCn1cc2c(C3C(=O)Nc4ccc(Br)cc43)nc(NCCCNC)nc2n1.CNCCCN.[Cl-].[H+]. The van der Waals surface area contributed by atoms with Gasteiger partial charge in [0.25, 0.3) is 0 Å². The van der Waals surface area contributed by atoms with Crippen molar-refractivity contribution >= 4 is 94.7 Å². The molecule has 6 heterocycles. The summed E-state index contributed by atoms with van der Waals surface area (Å²) in [7, 11) is 3.85. The molecule has 0 radical (unpaired) electrons. The highest BCUT2D eigenvalue weighted by atomic mass is 79.9. The van der Waals surface area contributed by atoms with Gasteiger partial charge in [0.15, 0.2) is 11.3 Å². The van der Waals surface area contributed by atoms with Crippen LogP contribution in [0.4, 0.5) is 17.3 Å². The summed E-state index contributed by atoms with van der Waals surface area (Å²) in [6.45, 7) is 9.21. The molecule has 320 valence electrons.